The van der Waals surface area contributed by atoms with Gasteiger partial charge in [-0.3, -0.25) is 9.59 Å². The predicted molar refractivity (Wildman–Crippen MR) is 98.9 cm³/mol. The molecular weight excluding hydrogens is 354 g/mol. The molecule has 1 aromatic heterocycles. The van der Waals surface area contributed by atoms with Gasteiger partial charge in [-0.1, -0.05) is 23.9 Å². The Morgan fingerprint density at radius 1 is 1.23 bits per heavy atom. The third-order valence-electron chi connectivity index (χ3n) is 3.89. The number of amides is 1. The Labute approximate surface area is 152 Å². The third-order valence-corrected chi connectivity index (χ3v) is 4.87. The number of hydrogen-bond acceptors (Lipinski definition) is 6. The second-order valence-corrected chi connectivity index (χ2v) is 7.04. The minimum Gasteiger partial charge on any atom is -0.454 e. The standard InChI is InChI=1S/C18H15N3O4S/c1-10(16(22)19-11-6-7-14-15(8-11)25-9-24-14)26-18-20-13-5-3-2-4-12(13)17(23)21-18/h2-8,10H,9H2,1H3,(H,19,22)(H,20,21,23). The molecule has 4 rings (SSSR count). The molecule has 2 N–H and O–H groups in total. The van der Waals surface area contributed by atoms with Crippen LogP contribution in [0.15, 0.2) is 52.4 Å². The van der Waals surface area contributed by atoms with E-state index in [1.165, 1.54) is 11.8 Å². The summed E-state index contributed by atoms with van der Waals surface area (Å²) in [5.41, 5.74) is 0.996. The van der Waals surface area contributed by atoms with Crippen LogP contribution in [0.5, 0.6) is 11.5 Å². The summed E-state index contributed by atoms with van der Waals surface area (Å²) in [7, 11) is 0. The minimum absolute atomic E-state index is 0.181. The van der Waals surface area contributed by atoms with Crippen molar-refractivity contribution in [2.45, 2.75) is 17.3 Å². The highest BCUT2D eigenvalue weighted by atomic mass is 32.2. The lowest BCUT2D eigenvalue weighted by atomic mass is 10.2. The maximum absolute atomic E-state index is 12.4. The fourth-order valence-corrected chi connectivity index (χ4v) is 3.36. The lowest BCUT2D eigenvalue weighted by Gasteiger charge is -2.12. The summed E-state index contributed by atoms with van der Waals surface area (Å²) in [6.45, 7) is 1.93. The highest BCUT2D eigenvalue weighted by molar-refractivity contribution is 8.00. The number of aromatic amines is 1. The normalized spacial score (nSPS) is 13.6. The number of anilines is 1. The average Bonchev–Trinajstić information content (AvgIpc) is 3.09. The van der Waals surface area contributed by atoms with Crippen LogP contribution < -0.4 is 20.3 Å². The van der Waals surface area contributed by atoms with Gasteiger partial charge in [-0.05, 0) is 31.2 Å². The summed E-state index contributed by atoms with van der Waals surface area (Å²) in [6.07, 6.45) is 0. The highest BCUT2D eigenvalue weighted by Crippen LogP contribution is 2.34. The fraction of sp³-hybridized carbons (Fsp3) is 0.167. The topological polar surface area (TPSA) is 93.3 Å². The molecule has 1 amide bonds. The number of carbonyl (C=O) groups excluding carboxylic acids is 1. The summed E-state index contributed by atoms with van der Waals surface area (Å²) in [4.78, 5) is 31.7. The van der Waals surface area contributed by atoms with E-state index in [9.17, 15) is 9.59 Å². The van der Waals surface area contributed by atoms with Gasteiger partial charge in [0.15, 0.2) is 16.7 Å². The lowest BCUT2D eigenvalue weighted by molar-refractivity contribution is -0.115. The van der Waals surface area contributed by atoms with Gasteiger partial charge in [0.1, 0.15) is 0 Å². The second-order valence-electron chi connectivity index (χ2n) is 5.71. The van der Waals surface area contributed by atoms with Crippen LogP contribution in [0.2, 0.25) is 0 Å². The van der Waals surface area contributed by atoms with E-state index in [0.717, 1.165) is 0 Å². The van der Waals surface area contributed by atoms with E-state index < -0.39 is 5.25 Å². The number of nitrogens with zero attached hydrogens (tertiary/aromatic N) is 1. The molecule has 1 aliphatic heterocycles. The molecule has 8 heteroatoms. The first-order valence-electron chi connectivity index (χ1n) is 7.96. The number of ether oxygens (including phenoxy) is 2. The van der Waals surface area contributed by atoms with Crippen molar-refractivity contribution in [3.8, 4) is 11.5 Å². The third kappa shape index (κ3) is 3.23. The molecule has 0 fully saturated rings. The zero-order valence-corrected chi connectivity index (χ0v) is 14.6. The van der Waals surface area contributed by atoms with Crippen molar-refractivity contribution < 1.29 is 14.3 Å². The molecule has 132 valence electrons. The van der Waals surface area contributed by atoms with E-state index in [1.807, 2.05) is 6.07 Å². The van der Waals surface area contributed by atoms with Crippen LogP contribution in [-0.4, -0.2) is 27.9 Å². The van der Waals surface area contributed by atoms with E-state index in [0.29, 0.717) is 33.2 Å². The molecular formula is C18H15N3O4S. The molecule has 0 saturated heterocycles. The average molecular weight is 369 g/mol. The number of carbonyl (C=O) groups is 1. The first-order valence-corrected chi connectivity index (χ1v) is 8.84. The Hall–Kier alpha value is -3.00. The van der Waals surface area contributed by atoms with E-state index in [2.05, 4.69) is 15.3 Å². The lowest BCUT2D eigenvalue weighted by Crippen LogP contribution is -2.23. The van der Waals surface area contributed by atoms with Crippen LogP contribution in [-0.2, 0) is 4.79 Å². The largest absolute Gasteiger partial charge is 0.454 e. The van der Waals surface area contributed by atoms with E-state index in [1.54, 1.807) is 43.3 Å². The van der Waals surface area contributed by atoms with Crippen molar-refractivity contribution in [1.82, 2.24) is 9.97 Å². The van der Waals surface area contributed by atoms with Crippen molar-refractivity contribution in [2.75, 3.05) is 12.1 Å². The van der Waals surface area contributed by atoms with E-state index in [-0.39, 0.29) is 18.3 Å². The van der Waals surface area contributed by atoms with Crippen LogP contribution in [0.4, 0.5) is 5.69 Å². The summed E-state index contributed by atoms with van der Waals surface area (Å²) in [5.74, 6) is 1.05. The Morgan fingerprint density at radius 2 is 2.04 bits per heavy atom. The smallest absolute Gasteiger partial charge is 0.259 e. The van der Waals surface area contributed by atoms with Crippen LogP contribution >= 0.6 is 11.8 Å². The summed E-state index contributed by atoms with van der Waals surface area (Å²) in [5, 5.41) is 3.30. The number of nitrogens with one attached hydrogen (secondary N) is 2. The van der Waals surface area contributed by atoms with Gasteiger partial charge in [0, 0.05) is 11.8 Å². The number of benzene rings is 2. The zero-order chi connectivity index (χ0) is 18.1. The Morgan fingerprint density at radius 3 is 2.92 bits per heavy atom. The van der Waals surface area contributed by atoms with Gasteiger partial charge in [-0.2, -0.15) is 0 Å². The molecule has 7 nitrogen and oxygen atoms in total. The number of fused-ring (bicyclic) bond motifs is 2. The number of H-pyrrole nitrogens is 1. The van der Waals surface area contributed by atoms with Crippen molar-refractivity contribution in [3.63, 3.8) is 0 Å². The number of thioether (sulfide) groups is 1. The van der Waals surface area contributed by atoms with Gasteiger partial charge in [-0.15, -0.1) is 0 Å². The quantitative estimate of drug-likeness (QED) is 0.543. The van der Waals surface area contributed by atoms with Crippen molar-refractivity contribution >= 4 is 34.3 Å². The Bertz CT molecular complexity index is 1050. The molecule has 0 aliphatic carbocycles. The monoisotopic (exact) mass is 369 g/mol. The SMILES string of the molecule is CC(Sc1nc2ccccc2c(=O)[nH]1)C(=O)Nc1ccc2c(c1)OCO2. The molecule has 1 aliphatic rings. The van der Waals surface area contributed by atoms with Crippen LogP contribution in [0.3, 0.4) is 0 Å². The number of para-hydroxylation sites is 1. The van der Waals surface area contributed by atoms with Gasteiger partial charge in [-0.25, -0.2) is 4.98 Å². The Kier molecular flexibility index (Phi) is 4.26. The molecule has 0 spiro atoms. The molecule has 1 atom stereocenters. The first-order chi connectivity index (χ1) is 12.6. The number of rotatable bonds is 4. The minimum atomic E-state index is -0.454. The van der Waals surface area contributed by atoms with Gasteiger partial charge in [0.05, 0.1) is 16.2 Å². The van der Waals surface area contributed by atoms with Gasteiger partial charge in [0.2, 0.25) is 12.7 Å². The molecule has 26 heavy (non-hydrogen) atoms. The second kappa shape index (κ2) is 6.72. The maximum atomic E-state index is 12.4. The fourth-order valence-electron chi connectivity index (χ4n) is 2.56. The predicted octanol–water partition coefficient (Wildman–Crippen LogP) is 2.77. The molecule has 0 radical (unpaired) electrons. The van der Waals surface area contributed by atoms with Crippen LogP contribution in [0.25, 0.3) is 10.9 Å². The summed E-state index contributed by atoms with van der Waals surface area (Å²) in [6, 6.07) is 12.3. The summed E-state index contributed by atoms with van der Waals surface area (Å²) < 4.78 is 10.6. The molecule has 0 saturated carbocycles. The maximum Gasteiger partial charge on any atom is 0.259 e. The Balaban J connectivity index is 1.48. The summed E-state index contributed by atoms with van der Waals surface area (Å²) >= 11 is 1.19. The van der Waals surface area contributed by atoms with Crippen LogP contribution in [0, 0.1) is 0 Å². The molecule has 1 unspecified atom stereocenters. The van der Waals surface area contributed by atoms with Gasteiger partial charge < -0.3 is 19.8 Å². The zero-order valence-electron chi connectivity index (χ0n) is 13.8. The van der Waals surface area contributed by atoms with Gasteiger partial charge in [0.25, 0.3) is 5.56 Å². The number of hydrogen-bond donors (Lipinski definition) is 2. The highest BCUT2D eigenvalue weighted by Gasteiger charge is 2.19. The van der Waals surface area contributed by atoms with Crippen molar-refractivity contribution in [3.05, 3.63) is 52.8 Å². The van der Waals surface area contributed by atoms with Crippen molar-refractivity contribution in [1.29, 1.82) is 0 Å². The van der Waals surface area contributed by atoms with Gasteiger partial charge >= 0.3 is 0 Å². The first kappa shape index (κ1) is 16.5. The number of aromatic nitrogens is 2. The van der Waals surface area contributed by atoms with Crippen molar-refractivity contribution in [2.24, 2.45) is 0 Å². The van der Waals surface area contributed by atoms with Crippen LogP contribution in [0.1, 0.15) is 6.92 Å². The van der Waals surface area contributed by atoms with E-state index >= 15 is 0 Å². The molecule has 0 bridgehead atoms. The molecule has 2 heterocycles. The molecule has 3 aromatic rings. The van der Waals surface area contributed by atoms with E-state index in [4.69, 9.17) is 9.47 Å². The molecule has 2 aromatic carbocycles.